The van der Waals surface area contributed by atoms with E-state index in [1.165, 1.54) is 0 Å². The predicted octanol–water partition coefficient (Wildman–Crippen LogP) is 3.51. The van der Waals surface area contributed by atoms with E-state index >= 15 is 0 Å². The minimum absolute atomic E-state index is 0.400. The fourth-order valence-corrected chi connectivity index (χ4v) is 2.82. The molecule has 1 heterocycles. The summed E-state index contributed by atoms with van der Waals surface area (Å²) in [5.41, 5.74) is 3.59. The van der Waals surface area contributed by atoms with Gasteiger partial charge in [0.2, 0.25) is 0 Å². The molecule has 0 fully saturated rings. The predicted molar refractivity (Wildman–Crippen MR) is 92.0 cm³/mol. The van der Waals surface area contributed by atoms with Crippen LogP contribution in [0.4, 0.5) is 5.82 Å². The van der Waals surface area contributed by atoms with Crippen LogP contribution in [0.15, 0.2) is 48.5 Å². The lowest BCUT2D eigenvalue weighted by Gasteiger charge is -2.15. The van der Waals surface area contributed by atoms with Crippen LogP contribution >= 0.6 is 0 Å². The molecular formula is C19H18N2O2. The molecule has 3 rings (SSSR count). The molecule has 0 aliphatic rings. The number of aldehydes is 2. The fourth-order valence-electron chi connectivity index (χ4n) is 2.82. The van der Waals surface area contributed by atoms with Crippen LogP contribution in [-0.4, -0.2) is 23.6 Å². The van der Waals surface area contributed by atoms with E-state index in [9.17, 15) is 9.59 Å². The molecule has 4 heteroatoms. The highest BCUT2D eigenvalue weighted by Crippen LogP contribution is 2.25. The van der Waals surface area contributed by atoms with Gasteiger partial charge in [0.25, 0.3) is 0 Å². The Morgan fingerprint density at radius 2 is 1.83 bits per heavy atom. The maximum atomic E-state index is 11.5. The van der Waals surface area contributed by atoms with Crippen LogP contribution in [0.2, 0.25) is 0 Å². The number of carbonyl (C=O) groups excluding carboxylic acids is 2. The first-order valence-electron chi connectivity index (χ1n) is 7.55. The average Bonchev–Trinajstić information content (AvgIpc) is 2.91. The SMILES string of the molecule is Cc1c(N[C@@H](C=O)Cc2ccccc2C=O)[nH]c2ccccc12. The Bertz CT molecular complexity index is 851. The summed E-state index contributed by atoms with van der Waals surface area (Å²) in [5.74, 6) is 0.840. The zero-order valence-corrected chi connectivity index (χ0v) is 12.9. The lowest BCUT2D eigenvalue weighted by Crippen LogP contribution is -2.25. The van der Waals surface area contributed by atoms with Gasteiger partial charge in [0.05, 0.1) is 6.04 Å². The molecule has 2 aromatic carbocycles. The van der Waals surface area contributed by atoms with Gasteiger partial charge in [-0.3, -0.25) is 4.79 Å². The topological polar surface area (TPSA) is 62.0 Å². The van der Waals surface area contributed by atoms with E-state index in [4.69, 9.17) is 0 Å². The summed E-state index contributed by atoms with van der Waals surface area (Å²) < 4.78 is 0. The van der Waals surface area contributed by atoms with Crippen molar-refractivity contribution in [3.05, 3.63) is 65.2 Å². The number of carbonyl (C=O) groups is 2. The van der Waals surface area contributed by atoms with Gasteiger partial charge in [-0.25, -0.2) is 0 Å². The van der Waals surface area contributed by atoms with Crippen molar-refractivity contribution in [1.29, 1.82) is 0 Å². The molecule has 0 spiro atoms. The zero-order valence-electron chi connectivity index (χ0n) is 12.9. The summed E-state index contributed by atoms with van der Waals surface area (Å²) in [6.45, 7) is 2.02. The molecule has 3 aromatic rings. The summed E-state index contributed by atoms with van der Waals surface area (Å²) in [6, 6.07) is 14.9. The maximum absolute atomic E-state index is 11.5. The summed E-state index contributed by atoms with van der Waals surface area (Å²) >= 11 is 0. The summed E-state index contributed by atoms with van der Waals surface area (Å²) in [6.07, 6.45) is 2.17. The highest BCUT2D eigenvalue weighted by atomic mass is 16.1. The molecule has 0 bridgehead atoms. The highest BCUT2D eigenvalue weighted by molar-refractivity contribution is 5.89. The first-order chi connectivity index (χ1) is 11.2. The third kappa shape index (κ3) is 3.01. The Hall–Kier alpha value is -2.88. The Kier molecular flexibility index (Phi) is 4.24. The van der Waals surface area contributed by atoms with Gasteiger partial charge in [0, 0.05) is 22.9 Å². The molecule has 0 saturated carbocycles. The first kappa shape index (κ1) is 15.0. The Balaban J connectivity index is 1.85. The largest absolute Gasteiger partial charge is 0.362 e. The molecule has 1 atom stereocenters. The molecule has 1 aromatic heterocycles. The molecule has 0 unspecified atom stereocenters. The molecular weight excluding hydrogens is 288 g/mol. The maximum Gasteiger partial charge on any atom is 0.150 e. The smallest absolute Gasteiger partial charge is 0.150 e. The number of nitrogens with one attached hydrogen (secondary N) is 2. The van der Waals surface area contributed by atoms with Crippen molar-refractivity contribution in [1.82, 2.24) is 4.98 Å². The first-order valence-corrected chi connectivity index (χ1v) is 7.55. The van der Waals surface area contributed by atoms with Crippen molar-refractivity contribution in [2.75, 3.05) is 5.32 Å². The van der Waals surface area contributed by atoms with Crippen LogP contribution in [0.25, 0.3) is 10.9 Å². The Morgan fingerprint density at radius 1 is 1.09 bits per heavy atom. The Morgan fingerprint density at radius 3 is 2.57 bits per heavy atom. The van der Waals surface area contributed by atoms with E-state index in [1.54, 1.807) is 6.07 Å². The normalized spacial score (nSPS) is 12.0. The molecule has 0 saturated heterocycles. The minimum atomic E-state index is -0.400. The van der Waals surface area contributed by atoms with Crippen LogP contribution in [0.3, 0.4) is 0 Å². The van der Waals surface area contributed by atoms with Gasteiger partial charge in [0.1, 0.15) is 18.4 Å². The van der Waals surface area contributed by atoms with Crippen LogP contribution in [-0.2, 0) is 11.2 Å². The number of hydrogen-bond donors (Lipinski definition) is 2. The number of fused-ring (bicyclic) bond motifs is 1. The Labute approximate surface area is 134 Å². The quantitative estimate of drug-likeness (QED) is 0.685. The lowest BCUT2D eigenvalue weighted by molar-refractivity contribution is -0.108. The average molecular weight is 306 g/mol. The lowest BCUT2D eigenvalue weighted by atomic mass is 10.0. The number of H-pyrrole nitrogens is 1. The molecule has 0 aliphatic heterocycles. The summed E-state index contributed by atoms with van der Waals surface area (Å²) in [5, 5.41) is 4.38. The third-order valence-electron chi connectivity index (χ3n) is 4.08. The molecule has 116 valence electrons. The van der Waals surface area contributed by atoms with E-state index in [2.05, 4.69) is 10.3 Å². The van der Waals surface area contributed by atoms with Crippen LogP contribution in [0, 0.1) is 6.92 Å². The van der Waals surface area contributed by atoms with E-state index in [0.29, 0.717) is 12.0 Å². The second-order valence-corrected chi connectivity index (χ2v) is 5.58. The minimum Gasteiger partial charge on any atom is -0.362 e. The second-order valence-electron chi connectivity index (χ2n) is 5.58. The summed E-state index contributed by atoms with van der Waals surface area (Å²) in [4.78, 5) is 25.9. The number of para-hydroxylation sites is 1. The van der Waals surface area contributed by atoms with Crippen molar-refractivity contribution in [3.8, 4) is 0 Å². The standard InChI is InChI=1S/C19H18N2O2/c1-13-17-8-4-5-9-18(17)21-19(13)20-16(12-23)10-14-6-2-3-7-15(14)11-22/h2-9,11-12,16,20-21H,10H2,1H3/t16-/m1/s1. The van der Waals surface area contributed by atoms with Gasteiger partial charge in [-0.05, 0) is 24.1 Å². The zero-order chi connectivity index (χ0) is 16.2. The van der Waals surface area contributed by atoms with Crippen LogP contribution < -0.4 is 5.32 Å². The van der Waals surface area contributed by atoms with Crippen LogP contribution in [0.5, 0.6) is 0 Å². The number of rotatable bonds is 6. The number of aromatic amines is 1. The molecule has 0 radical (unpaired) electrons. The van der Waals surface area contributed by atoms with Gasteiger partial charge in [-0.15, -0.1) is 0 Å². The molecule has 0 amide bonds. The van der Waals surface area contributed by atoms with E-state index in [1.807, 2.05) is 49.4 Å². The van der Waals surface area contributed by atoms with E-state index in [-0.39, 0.29) is 0 Å². The van der Waals surface area contributed by atoms with Gasteiger partial charge >= 0.3 is 0 Å². The van der Waals surface area contributed by atoms with Crippen molar-refractivity contribution in [2.24, 2.45) is 0 Å². The van der Waals surface area contributed by atoms with Crippen molar-refractivity contribution in [3.63, 3.8) is 0 Å². The van der Waals surface area contributed by atoms with E-state index < -0.39 is 6.04 Å². The molecule has 0 aliphatic carbocycles. The van der Waals surface area contributed by atoms with Gasteiger partial charge in [0.15, 0.2) is 0 Å². The van der Waals surface area contributed by atoms with Crippen LogP contribution in [0.1, 0.15) is 21.5 Å². The molecule has 23 heavy (non-hydrogen) atoms. The number of aromatic nitrogens is 1. The van der Waals surface area contributed by atoms with Gasteiger partial charge in [-0.2, -0.15) is 0 Å². The van der Waals surface area contributed by atoms with Crippen molar-refractivity contribution >= 4 is 29.3 Å². The second kappa shape index (κ2) is 6.48. The monoisotopic (exact) mass is 306 g/mol. The number of aryl methyl sites for hydroxylation is 1. The molecule has 2 N–H and O–H groups in total. The highest BCUT2D eigenvalue weighted by Gasteiger charge is 2.14. The van der Waals surface area contributed by atoms with Gasteiger partial charge < -0.3 is 15.1 Å². The van der Waals surface area contributed by atoms with Crippen molar-refractivity contribution < 1.29 is 9.59 Å². The third-order valence-corrected chi connectivity index (χ3v) is 4.08. The van der Waals surface area contributed by atoms with Gasteiger partial charge in [-0.1, -0.05) is 42.5 Å². The fraction of sp³-hybridized carbons (Fsp3) is 0.158. The molecule has 4 nitrogen and oxygen atoms in total. The van der Waals surface area contributed by atoms with E-state index in [0.717, 1.165) is 40.4 Å². The summed E-state index contributed by atoms with van der Waals surface area (Å²) in [7, 11) is 0. The van der Waals surface area contributed by atoms with Crippen molar-refractivity contribution in [2.45, 2.75) is 19.4 Å². The number of benzene rings is 2. The number of anilines is 1. The number of hydrogen-bond acceptors (Lipinski definition) is 3.